The lowest BCUT2D eigenvalue weighted by Gasteiger charge is -2.32. The number of nitrogens with zero attached hydrogens (tertiary/aromatic N) is 3. The van der Waals surface area contributed by atoms with Gasteiger partial charge in [-0.2, -0.15) is 0 Å². The van der Waals surface area contributed by atoms with E-state index in [9.17, 15) is 4.79 Å². The zero-order valence-electron chi connectivity index (χ0n) is 18.0. The number of nitrogens with one attached hydrogen (secondary N) is 1. The molecule has 2 amide bonds. The Hall–Kier alpha value is -3.02. The van der Waals surface area contributed by atoms with Gasteiger partial charge in [0.15, 0.2) is 0 Å². The normalized spacial score (nSPS) is 14.8. The number of urea groups is 1. The minimum atomic E-state index is -0.0558. The number of aryl methyl sites for hydroxylation is 2. The van der Waals surface area contributed by atoms with E-state index in [0.29, 0.717) is 18.3 Å². The van der Waals surface area contributed by atoms with Crippen LogP contribution in [0, 0.1) is 19.8 Å². The van der Waals surface area contributed by atoms with E-state index in [1.807, 2.05) is 42.4 Å². The molecule has 6 heteroatoms. The number of carbonyl (C=O) groups is 1. The largest absolute Gasteiger partial charge is 0.492 e. The number of ether oxygens (including phenoxy) is 1. The van der Waals surface area contributed by atoms with E-state index in [1.165, 1.54) is 16.6 Å². The molecule has 1 aliphatic heterocycles. The first-order chi connectivity index (χ1) is 14.5. The van der Waals surface area contributed by atoms with E-state index in [2.05, 4.69) is 40.8 Å². The van der Waals surface area contributed by atoms with Crippen LogP contribution in [0.5, 0.6) is 5.75 Å². The lowest BCUT2D eigenvalue weighted by molar-refractivity contribution is 0.177. The molecule has 4 rings (SSSR count). The van der Waals surface area contributed by atoms with Crippen LogP contribution in [0.1, 0.15) is 30.9 Å². The summed E-state index contributed by atoms with van der Waals surface area (Å²) in [6.07, 6.45) is 3.93. The summed E-state index contributed by atoms with van der Waals surface area (Å²) < 4.78 is 7.87. The number of para-hydroxylation sites is 2. The first kappa shape index (κ1) is 20.3. The molecule has 0 unspecified atom stereocenters. The number of aromatic nitrogens is 2. The van der Waals surface area contributed by atoms with Crippen LogP contribution >= 0.6 is 0 Å². The van der Waals surface area contributed by atoms with Crippen molar-refractivity contribution in [2.45, 2.75) is 40.2 Å². The zero-order chi connectivity index (χ0) is 21.1. The highest BCUT2D eigenvalue weighted by Crippen LogP contribution is 2.26. The van der Waals surface area contributed by atoms with E-state index < -0.39 is 0 Å². The Bertz CT molecular complexity index is 1030. The number of hydrogen-bond acceptors (Lipinski definition) is 3. The molecule has 30 heavy (non-hydrogen) atoms. The maximum absolute atomic E-state index is 12.7. The fourth-order valence-electron chi connectivity index (χ4n) is 4.10. The molecule has 1 saturated heterocycles. The second-order valence-corrected chi connectivity index (χ2v) is 8.11. The van der Waals surface area contributed by atoms with Crippen molar-refractivity contribution in [1.29, 1.82) is 0 Å². The molecule has 6 nitrogen and oxygen atoms in total. The number of amides is 2. The standard InChI is InChI=1S/C24H30N4O2/c1-4-30-23-8-6-5-7-20(23)26-24(29)27-11-9-19(10-12-27)15-28-16-25-21-13-17(2)18(3)14-22(21)28/h5-8,13-14,16,19H,4,9-12,15H2,1-3H3,(H,26,29). The Morgan fingerprint density at radius 1 is 1.17 bits per heavy atom. The SMILES string of the molecule is CCOc1ccccc1NC(=O)N1CCC(Cn2cnc3cc(C)c(C)cc32)CC1. The van der Waals surface area contributed by atoms with E-state index in [4.69, 9.17) is 4.74 Å². The van der Waals surface area contributed by atoms with E-state index in [1.54, 1.807) is 0 Å². The zero-order valence-corrected chi connectivity index (χ0v) is 18.0. The first-order valence-electron chi connectivity index (χ1n) is 10.7. The van der Waals surface area contributed by atoms with Crippen LogP contribution in [0.25, 0.3) is 11.0 Å². The maximum Gasteiger partial charge on any atom is 0.321 e. The van der Waals surface area contributed by atoms with Crippen LogP contribution in [-0.4, -0.2) is 40.2 Å². The summed E-state index contributed by atoms with van der Waals surface area (Å²) in [5.41, 5.74) is 5.55. The van der Waals surface area contributed by atoms with Crippen molar-refractivity contribution >= 4 is 22.8 Å². The predicted octanol–water partition coefficient (Wildman–Crippen LogP) is 5.00. The number of piperidine rings is 1. The molecule has 2 heterocycles. The Labute approximate surface area is 177 Å². The van der Waals surface area contributed by atoms with Crippen molar-refractivity contribution in [3.8, 4) is 5.75 Å². The van der Waals surface area contributed by atoms with Gasteiger partial charge in [-0.25, -0.2) is 9.78 Å². The summed E-state index contributed by atoms with van der Waals surface area (Å²) >= 11 is 0. The minimum Gasteiger partial charge on any atom is -0.492 e. The molecule has 1 fully saturated rings. The fourth-order valence-corrected chi connectivity index (χ4v) is 4.10. The van der Waals surface area contributed by atoms with Crippen molar-refractivity contribution in [2.75, 3.05) is 25.0 Å². The van der Waals surface area contributed by atoms with Crippen LogP contribution in [0.3, 0.4) is 0 Å². The smallest absolute Gasteiger partial charge is 0.321 e. The first-order valence-corrected chi connectivity index (χ1v) is 10.7. The number of rotatable bonds is 5. The molecule has 0 saturated carbocycles. The highest BCUT2D eigenvalue weighted by Gasteiger charge is 2.24. The number of likely N-dealkylation sites (tertiary alicyclic amines) is 1. The number of hydrogen-bond donors (Lipinski definition) is 1. The molecule has 0 aliphatic carbocycles. The van der Waals surface area contributed by atoms with Gasteiger partial charge >= 0.3 is 6.03 Å². The summed E-state index contributed by atoms with van der Waals surface area (Å²) in [6, 6.07) is 11.9. The van der Waals surface area contributed by atoms with E-state index in [0.717, 1.165) is 43.7 Å². The van der Waals surface area contributed by atoms with Gasteiger partial charge in [0, 0.05) is 19.6 Å². The predicted molar refractivity (Wildman–Crippen MR) is 120 cm³/mol. The van der Waals surface area contributed by atoms with E-state index in [-0.39, 0.29) is 6.03 Å². The number of benzene rings is 2. The minimum absolute atomic E-state index is 0.0558. The van der Waals surface area contributed by atoms with E-state index >= 15 is 0 Å². The number of anilines is 1. The van der Waals surface area contributed by atoms with Crippen LogP contribution in [0.4, 0.5) is 10.5 Å². The lowest BCUT2D eigenvalue weighted by atomic mass is 9.97. The average Bonchev–Trinajstić information content (AvgIpc) is 3.12. The average molecular weight is 407 g/mol. The van der Waals surface area contributed by atoms with Crippen LogP contribution in [0.2, 0.25) is 0 Å². The van der Waals surface area contributed by atoms with Gasteiger partial charge in [0.05, 0.1) is 29.7 Å². The molecule has 2 aromatic carbocycles. The Kier molecular flexibility index (Phi) is 5.93. The summed E-state index contributed by atoms with van der Waals surface area (Å²) in [5, 5.41) is 3.01. The van der Waals surface area contributed by atoms with Crippen molar-refractivity contribution in [2.24, 2.45) is 5.92 Å². The van der Waals surface area contributed by atoms with Gasteiger partial charge in [0.2, 0.25) is 0 Å². The third-order valence-electron chi connectivity index (χ3n) is 6.02. The van der Waals surface area contributed by atoms with Gasteiger partial charge in [0.1, 0.15) is 5.75 Å². The topological polar surface area (TPSA) is 59.4 Å². The number of fused-ring (bicyclic) bond motifs is 1. The van der Waals surface area contributed by atoms with Crippen molar-refractivity contribution < 1.29 is 9.53 Å². The van der Waals surface area contributed by atoms with Crippen molar-refractivity contribution in [1.82, 2.24) is 14.5 Å². The number of carbonyl (C=O) groups excluding carboxylic acids is 1. The van der Waals surface area contributed by atoms with Crippen molar-refractivity contribution in [3.05, 3.63) is 53.9 Å². The summed E-state index contributed by atoms with van der Waals surface area (Å²) in [7, 11) is 0. The summed E-state index contributed by atoms with van der Waals surface area (Å²) in [6.45, 7) is 9.25. The van der Waals surface area contributed by atoms with Gasteiger partial charge < -0.3 is 19.5 Å². The van der Waals surface area contributed by atoms with Gasteiger partial charge in [-0.15, -0.1) is 0 Å². The second kappa shape index (κ2) is 8.78. The van der Waals surface area contributed by atoms with Crippen molar-refractivity contribution in [3.63, 3.8) is 0 Å². The quantitative estimate of drug-likeness (QED) is 0.649. The molecule has 0 atom stereocenters. The lowest BCUT2D eigenvalue weighted by Crippen LogP contribution is -2.41. The van der Waals surface area contributed by atoms with Crippen LogP contribution in [-0.2, 0) is 6.54 Å². The molecule has 1 aromatic heterocycles. The van der Waals surface area contributed by atoms with Gasteiger partial charge in [-0.05, 0) is 74.9 Å². The summed E-state index contributed by atoms with van der Waals surface area (Å²) in [5.74, 6) is 1.25. The third kappa shape index (κ3) is 4.27. The molecule has 158 valence electrons. The molecule has 0 spiro atoms. The second-order valence-electron chi connectivity index (χ2n) is 8.11. The summed E-state index contributed by atoms with van der Waals surface area (Å²) in [4.78, 5) is 19.2. The molecule has 0 radical (unpaired) electrons. The van der Waals surface area contributed by atoms with Gasteiger partial charge in [-0.3, -0.25) is 0 Å². The van der Waals surface area contributed by atoms with Crippen LogP contribution < -0.4 is 10.1 Å². The highest BCUT2D eigenvalue weighted by molar-refractivity contribution is 5.91. The van der Waals surface area contributed by atoms with Gasteiger partial charge in [-0.1, -0.05) is 12.1 Å². The Morgan fingerprint density at radius 3 is 2.67 bits per heavy atom. The fraction of sp³-hybridized carbons (Fsp3) is 0.417. The molecule has 1 aliphatic rings. The van der Waals surface area contributed by atoms with Gasteiger partial charge in [0.25, 0.3) is 0 Å². The van der Waals surface area contributed by atoms with Crippen LogP contribution in [0.15, 0.2) is 42.7 Å². The number of imidazole rings is 1. The Morgan fingerprint density at radius 2 is 1.90 bits per heavy atom. The Balaban J connectivity index is 1.35. The molecule has 3 aromatic rings. The highest BCUT2D eigenvalue weighted by atomic mass is 16.5. The third-order valence-corrected chi connectivity index (χ3v) is 6.02. The monoisotopic (exact) mass is 406 g/mol. The molecule has 1 N–H and O–H groups in total. The molecule has 0 bridgehead atoms. The molecular formula is C24H30N4O2. The molecular weight excluding hydrogens is 376 g/mol. The maximum atomic E-state index is 12.7.